The lowest BCUT2D eigenvalue weighted by molar-refractivity contribution is -0.197. The Morgan fingerprint density at radius 1 is 1.40 bits per heavy atom. The highest BCUT2D eigenvalue weighted by molar-refractivity contribution is 9.10. The summed E-state index contributed by atoms with van der Waals surface area (Å²) in [5.41, 5.74) is 1.22. The number of likely N-dealkylation sites (N-methyl/N-ethyl adjacent to an activating group) is 1. The normalized spacial score (nSPS) is 33.1. The highest BCUT2D eigenvalue weighted by Gasteiger charge is 2.72. The van der Waals surface area contributed by atoms with E-state index in [1.54, 1.807) is 17.4 Å². The minimum Gasteiger partial charge on any atom is -0.487 e. The first-order valence-electron chi connectivity index (χ1n) is 12.7. The van der Waals surface area contributed by atoms with Crippen molar-refractivity contribution in [3.05, 3.63) is 56.2 Å². The molecule has 3 heterocycles. The zero-order valence-corrected chi connectivity index (χ0v) is 22.9. The second-order valence-corrected chi connectivity index (χ2v) is 13.0. The minimum atomic E-state index is -0.841. The first-order valence-corrected chi connectivity index (χ1v) is 14.4. The van der Waals surface area contributed by atoms with Crippen LogP contribution in [0.5, 0.6) is 5.75 Å². The Balaban J connectivity index is 1.41. The van der Waals surface area contributed by atoms with Crippen LogP contribution in [-0.4, -0.2) is 64.7 Å². The summed E-state index contributed by atoms with van der Waals surface area (Å²) in [6.45, 7) is 5.92. The standard InChI is InChI=1S/C28H33BrN2O3S/c1-17(2)15-31(24(32)8-7-20-14-19(29)16-35-20)21-9-10-28(33)23-13-18-5-4-6-22-25(18)27(28,26(21)34-22)11-12-30(23)3/h4-8,14,16-17,21,23,26,33H,9-13,15H2,1-3H3/b8-7+/t21-,23+,26-,27-,28+/m0/s1. The van der Waals surface area contributed by atoms with E-state index < -0.39 is 11.0 Å². The fraction of sp³-hybridized carbons (Fsp3) is 0.536. The number of ether oxygens (including phenoxy) is 1. The average Bonchev–Trinajstić information content (AvgIpc) is 3.39. The van der Waals surface area contributed by atoms with Crippen LogP contribution in [0.2, 0.25) is 0 Å². The Labute approximate surface area is 219 Å². The molecule has 2 aliphatic carbocycles. The Bertz CT molecular complexity index is 1190. The van der Waals surface area contributed by atoms with E-state index >= 15 is 0 Å². The van der Waals surface area contributed by atoms with Crippen molar-refractivity contribution in [3.8, 4) is 5.75 Å². The summed E-state index contributed by atoms with van der Waals surface area (Å²) >= 11 is 5.11. The Morgan fingerprint density at radius 3 is 2.97 bits per heavy atom. The lowest BCUT2D eigenvalue weighted by Crippen LogP contribution is -2.78. The molecule has 2 aromatic rings. The number of hydrogen-bond donors (Lipinski definition) is 1. The zero-order valence-electron chi connectivity index (χ0n) is 20.5. The van der Waals surface area contributed by atoms with E-state index in [1.165, 1.54) is 11.1 Å². The molecule has 2 aliphatic heterocycles. The molecule has 1 aromatic carbocycles. The number of carbonyl (C=O) groups is 1. The number of carbonyl (C=O) groups excluding carboxylic acids is 1. The fourth-order valence-corrected chi connectivity index (χ4v) is 8.80. The summed E-state index contributed by atoms with van der Waals surface area (Å²) in [7, 11) is 2.14. The highest BCUT2D eigenvalue weighted by Crippen LogP contribution is 2.64. The van der Waals surface area contributed by atoms with E-state index in [9.17, 15) is 9.90 Å². The third-order valence-corrected chi connectivity index (χ3v) is 10.5. The summed E-state index contributed by atoms with van der Waals surface area (Å²) in [4.78, 5) is 19.1. The Kier molecular flexibility index (Phi) is 5.72. The SMILES string of the molecule is CC(C)CN(C(=O)/C=C/c1cc(Br)cs1)[C@H]1CC[C@@]2(O)[C@H]3Cc4cccc5c4[C@@]2(CCN3C)[C@H]1O5. The summed E-state index contributed by atoms with van der Waals surface area (Å²) in [6, 6.07) is 8.38. The quantitative estimate of drug-likeness (QED) is 0.534. The first kappa shape index (κ1) is 23.7. The fourth-order valence-electron chi connectivity index (χ4n) is 7.46. The van der Waals surface area contributed by atoms with E-state index in [-0.39, 0.29) is 24.1 Å². The number of halogens is 1. The number of amides is 1. The van der Waals surface area contributed by atoms with Crippen LogP contribution in [0.3, 0.4) is 0 Å². The Hall–Kier alpha value is -1.67. The molecule has 35 heavy (non-hydrogen) atoms. The van der Waals surface area contributed by atoms with Gasteiger partial charge >= 0.3 is 0 Å². The lowest BCUT2D eigenvalue weighted by Gasteiger charge is -2.64. The highest BCUT2D eigenvalue weighted by atomic mass is 79.9. The molecule has 5 nitrogen and oxygen atoms in total. The van der Waals surface area contributed by atoms with Gasteiger partial charge in [-0.2, -0.15) is 0 Å². The number of nitrogens with zero attached hydrogens (tertiary/aromatic N) is 2. The van der Waals surface area contributed by atoms with Gasteiger partial charge in [-0.25, -0.2) is 0 Å². The molecule has 0 unspecified atom stereocenters. The average molecular weight is 558 g/mol. The molecular formula is C28H33BrN2O3S. The summed E-state index contributed by atoms with van der Waals surface area (Å²) < 4.78 is 7.80. The molecule has 5 atom stereocenters. The topological polar surface area (TPSA) is 53.0 Å². The molecule has 1 saturated carbocycles. The molecule has 1 aromatic heterocycles. The van der Waals surface area contributed by atoms with Crippen molar-refractivity contribution in [1.29, 1.82) is 0 Å². The second kappa shape index (κ2) is 8.44. The van der Waals surface area contributed by atoms with Crippen molar-refractivity contribution in [2.45, 2.75) is 68.7 Å². The number of thiophene rings is 1. The van der Waals surface area contributed by atoms with Crippen molar-refractivity contribution in [2.24, 2.45) is 5.92 Å². The molecule has 4 aliphatic rings. The monoisotopic (exact) mass is 556 g/mol. The van der Waals surface area contributed by atoms with Gasteiger partial charge in [0.2, 0.25) is 5.91 Å². The first-order chi connectivity index (χ1) is 16.7. The van der Waals surface area contributed by atoms with Crippen molar-refractivity contribution in [1.82, 2.24) is 9.80 Å². The molecule has 1 amide bonds. The maximum absolute atomic E-state index is 13.7. The van der Waals surface area contributed by atoms with E-state index in [0.29, 0.717) is 18.9 Å². The van der Waals surface area contributed by atoms with Crippen LogP contribution in [0, 0.1) is 5.92 Å². The maximum Gasteiger partial charge on any atom is 0.246 e. The third-order valence-electron chi connectivity index (χ3n) is 8.82. The van der Waals surface area contributed by atoms with Gasteiger partial charge in [0.25, 0.3) is 0 Å². The van der Waals surface area contributed by atoms with Crippen molar-refractivity contribution in [3.63, 3.8) is 0 Å². The number of hydrogen-bond acceptors (Lipinski definition) is 5. The van der Waals surface area contributed by atoms with Crippen LogP contribution in [0.15, 0.2) is 40.2 Å². The van der Waals surface area contributed by atoms with Crippen LogP contribution >= 0.6 is 27.3 Å². The predicted molar refractivity (Wildman–Crippen MR) is 143 cm³/mol. The van der Waals surface area contributed by atoms with Crippen LogP contribution < -0.4 is 4.74 Å². The molecule has 1 N–H and O–H groups in total. The largest absolute Gasteiger partial charge is 0.487 e. The van der Waals surface area contributed by atoms with Gasteiger partial charge in [-0.05, 0) is 84.9 Å². The van der Waals surface area contributed by atoms with Crippen molar-refractivity contribution < 1.29 is 14.6 Å². The van der Waals surface area contributed by atoms with Crippen LogP contribution in [0.4, 0.5) is 0 Å². The van der Waals surface area contributed by atoms with Crippen LogP contribution in [-0.2, 0) is 16.6 Å². The van der Waals surface area contributed by atoms with Crippen LogP contribution in [0.1, 0.15) is 49.1 Å². The van der Waals surface area contributed by atoms with Gasteiger partial charge < -0.3 is 19.6 Å². The zero-order chi connectivity index (χ0) is 24.5. The van der Waals surface area contributed by atoms with E-state index in [1.807, 2.05) is 22.4 Å². The molecule has 1 saturated heterocycles. The van der Waals surface area contributed by atoms with Gasteiger partial charge in [0.1, 0.15) is 11.9 Å². The summed E-state index contributed by atoms with van der Waals surface area (Å²) in [5.74, 6) is 1.27. The molecule has 2 fully saturated rings. The predicted octanol–water partition coefficient (Wildman–Crippen LogP) is 4.86. The van der Waals surface area contributed by atoms with Gasteiger partial charge in [-0.15, -0.1) is 11.3 Å². The van der Waals surface area contributed by atoms with Gasteiger partial charge in [0.15, 0.2) is 0 Å². The van der Waals surface area contributed by atoms with Crippen molar-refractivity contribution >= 4 is 39.2 Å². The van der Waals surface area contributed by atoms with Gasteiger partial charge in [0, 0.05) is 39.0 Å². The number of aliphatic hydroxyl groups is 1. The van der Waals surface area contributed by atoms with E-state index in [4.69, 9.17) is 4.74 Å². The minimum absolute atomic E-state index is 0.0233. The molecule has 0 radical (unpaired) electrons. The molecule has 1 spiro atoms. The van der Waals surface area contributed by atoms with Crippen LogP contribution in [0.25, 0.3) is 6.08 Å². The van der Waals surface area contributed by atoms with Gasteiger partial charge in [-0.1, -0.05) is 26.0 Å². The number of rotatable bonds is 5. The molecule has 6 rings (SSSR count). The molecule has 7 heteroatoms. The smallest absolute Gasteiger partial charge is 0.246 e. The number of likely N-dealkylation sites (tertiary alicyclic amines) is 1. The van der Waals surface area contributed by atoms with Crippen molar-refractivity contribution in [2.75, 3.05) is 20.1 Å². The second-order valence-electron chi connectivity index (χ2n) is 11.2. The van der Waals surface area contributed by atoms with E-state index in [0.717, 1.165) is 40.9 Å². The molecule has 186 valence electrons. The summed E-state index contributed by atoms with van der Waals surface area (Å²) in [5, 5.41) is 14.4. The van der Waals surface area contributed by atoms with Gasteiger partial charge in [0.05, 0.1) is 17.1 Å². The summed E-state index contributed by atoms with van der Waals surface area (Å²) in [6.07, 6.45) is 6.52. The number of piperidine rings is 1. The number of benzene rings is 1. The van der Waals surface area contributed by atoms with Gasteiger partial charge in [-0.3, -0.25) is 4.79 Å². The Morgan fingerprint density at radius 2 is 2.23 bits per heavy atom. The third kappa shape index (κ3) is 3.41. The lowest BCUT2D eigenvalue weighted by atomic mass is 9.48. The van der Waals surface area contributed by atoms with E-state index in [2.05, 4.69) is 59.9 Å². The maximum atomic E-state index is 13.7. The molecular weight excluding hydrogens is 524 g/mol. The molecule has 2 bridgehead atoms.